The molecule has 0 spiro atoms. The molecule has 0 aromatic heterocycles. The molecule has 0 bridgehead atoms. The molecule has 15 heavy (non-hydrogen) atoms. The molecule has 0 aliphatic carbocycles. The van der Waals surface area contributed by atoms with Crippen molar-refractivity contribution in [2.24, 2.45) is 0 Å². The first-order chi connectivity index (χ1) is 7.09. The number of ether oxygens (including phenoxy) is 3. The minimum Gasteiger partial charge on any atom is -0.463 e. The molecule has 0 aromatic rings. The molecule has 0 aromatic carbocycles. The lowest BCUT2D eigenvalue weighted by Crippen LogP contribution is -2.40. The minimum absolute atomic E-state index is 0.146. The Hall–Kier alpha value is -1.10. The standard InChI is InChI=1S/C10H16O5/c1-7(11)14-6-10-9(15-8(2)12)4-3-5-13-10/h9-10H,3-6H2,1-2H3/t9-,10-/m1/s1. The number of carbonyl (C=O) groups is 2. The minimum atomic E-state index is -0.356. The van der Waals surface area contributed by atoms with E-state index in [1.165, 1.54) is 13.8 Å². The predicted octanol–water partition coefficient (Wildman–Crippen LogP) is 0.660. The van der Waals surface area contributed by atoms with Gasteiger partial charge in [-0.25, -0.2) is 0 Å². The van der Waals surface area contributed by atoms with E-state index >= 15 is 0 Å². The maximum absolute atomic E-state index is 10.8. The second-order valence-corrected chi connectivity index (χ2v) is 3.50. The highest BCUT2D eigenvalue weighted by atomic mass is 16.6. The van der Waals surface area contributed by atoms with Gasteiger partial charge in [0, 0.05) is 20.5 Å². The van der Waals surface area contributed by atoms with Gasteiger partial charge in [-0.3, -0.25) is 9.59 Å². The molecule has 0 unspecified atom stereocenters. The maximum Gasteiger partial charge on any atom is 0.302 e. The fourth-order valence-corrected chi connectivity index (χ4v) is 1.52. The van der Waals surface area contributed by atoms with Crippen molar-refractivity contribution in [1.82, 2.24) is 0 Å². The molecule has 1 saturated heterocycles. The molecular formula is C10H16O5. The van der Waals surface area contributed by atoms with Crippen molar-refractivity contribution in [3.05, 3.63) is 0 Å². The van der Waals surface area contributed by atoms with Gasteiger partial charge in [-0.2, -0.15) is 0 Å². The number of hydrogen-bond donors (Lipinski definition) is 0. The van der Waals surface area contributed by atoms with Crippen LogP contribution in [0.1, 0.15) is 26.7 Å². The molecular weight excluding hydrogens is 200 g/mol. The third kappa shape index (κ3) is 4.29. The second-order valence-electron chi connectivity index (χ2n) is 3.50. The molecule has 2 atom stereocenters. The molecule has 5 nitrogen and oxygen atoms in total. The molecule has 0 amide bonds. The molecule has 5 heteroatoms. The first kappa shape index (κ1) is 12.0. The Kier molecular flexibility index (Phi) is 4.55. The van der Waals surface area contributed by atoms with Crippen molar-refractivity contribution in [2.75, 3.05) is 13.2 Å². The van der Waals surface area contributed by atoms with Gasteiger partial charge in [0.15, 0.2) is 0 Å². The SMILES string of the molecule is CC(=O)OC[C@H]1OCCC[C@H]1OC(C)=O. The second kappa shape index (κ2) is 5.70. The summed E-state index contributed by atoms with van der Waals surface area (Å²) < 4.78 is 15.3. The molecule has 0 radical (unpaired) electrons. The summed E-state index contributed by atoms with van der Waals surface area (Å²) in [6.07, 6.45) is 0.988. The Balaban J connectivity index is 2.42. The van der Waals surface area contributed by atoms with Gasteiger partial charge in [-0.15, -0.1) is 0 Å². The Morgan fingerprint density at radius 1 is 1.33 bits per heavy atom. The van der Waals surface area contributed by atoms with Gasteiger partial charge >= 0.3 is 11.9 Å². The van der Waals surface area contributed by atoms with E-state index in [2.05, 4.69) is 0 Å². The van der Waals surface area contributed by atoms with Crippen LogP contribution in [-0.4, -0.2) is 37.4 Å². The van der Waals surface area contributed by atoms with E-state index in [0.717, 1.165) is 12.8 Å². The van der Waals surface area contributed by atoms with Crippen molar-refractivity contribution in [3.8, 4) is 0 Å². The van der Waals surface area contributed by atoms with Gasteiger partial charge < -0.3 is 14.2 Å². The summed E-state index contributed by atoms with van der Waals surface area (Å²) in [6.45, 7) is 3.46. The molecule has 1 aliphatic rings. The molecule has 1 heterocycles. The first-order valence-electron chi connectivity index (χ1n) is 5.02. The van der Waals surface area contributed by atoms with Gasteiger partial charge in [0.05, 0.1) is 0 Å². The summed E-state index contributed by atoms with van der Waals surface area (Å²) in [6, 6.07) is 0. The van der Waals surface area contributed by atoms with Crippen LogP contribution in [0.25, 0.3) is 0 Å². The fourth-order valence-electron chi connectivity index (χ4n) is 1.52. The number of rotatable bonds is 3. The maximum atomic E-state index is 10.8. The monoisotopic (exact) mass is 216 g/mol. The van der Waals surface area contributed by atoms with Crippen LogP contribution in [0.2, 0.25) is 0 Å². The Morgan fingerprint density at radius 3 is 2.67 bits per heavy atom. The first-order valence-corrected chi connectivity index (χ1v) is 5.02. The van der Waals surface area contributed by atoms with Crippen molar-refractivity contribution >= 4 is 11.9 Å². The van der Waals surface area contributed by atoms with E-state index in [1.54, 1.807) is 0 Å². The zero-order valence-corrected chi connectivity index (χ0v) is 9.02. The van der Waals surface area contributed by atoms with Crippen molar-refractivity contribution in [2.45, 2.75) is 38.9 Å². The van der Waals surface area contributed by atoms with Crippen molar-refractivity contribution in [3.63, 3.8) is 0 Å². The van der Waals surface area contributed by atoms with Crippen LogP contribution < -0.4 is 0 Å². The lowest BCUT2D eigenvalue weighted by atomic mass is 10.1. The summed E-state index contributed by atoms with van der Waals surface area (Å²) in [5, 5.41) is 0. The summed E-state index contributed by atoms with van der Waals surface area (Å²) in [5.41, 5.74) is 0. The molecule has 86 valence electrons. The van der Waals surface area contributed by atoms with E-state index in [9.17, 15) is 9.59 Å². The van der Waals surface area contributed by atoms with Crippen LogP contribution in [0.15, 0.2) is 0 Å². The Bertz CT molecular complexity index is 238. The van der Waals surface area contributed by atoms with E-state index in [1.807, 2.05) is 0 Å². The third-order valence-electron chi connectivity index (χ3n) is 2.15. The van der Waals surface area contributed by atoms with Gasteiger partial charge in [0.1, 0.15) is 18.8 Å². The third-order valence-corrected chi connectivity index (χ3v) is 2.15. The smallest absolute Gasteiger partial charge is 0.302 e. The van der Waals surface area contributed by atoms with E-state index in [-0.39, 0.29) is 30.8 Å². The Morgan fingerprint density at radius 2 is 2.07 bits per heavy atom. The van der Waals surface area contributed by atoms with Crippen LogP contribution >= 0.6 is 0 Å². The molecule has 1 rings (SSSR count). The van der Waals surface area contributed by atoms with Crippen LogP contribution in [0.4, 0.5) is 0 Å². The van der Waals surface area contributed by atoms with Crippen LogP contribution in [0.5, 0.6) is 0 Å². The highest BCUT2D eigenvalue weighted by molar-refractivity contribution is 5.66. The summed E-state index contributed by atoms with van der Waals surface area (Å²) >= 11 is 0. The predicted molar refractivity (Wildman–Crippen MR) is 51.2 cm³/mol. The zero-order valence-electron chi connectivity index (χ0n) is 9.02. The van der Waals surface area contributed by atoms with E-state index < -0.39 is 0 Å². The van der Waals surface area contributed by atoms with Crippen LogP contribution in [0.3, 0.4) is 0 Å². The number of carbonyl (C=O) groups excluding carboxylic acids is 2. The van der Waals surface area contributed by atoms with Crippen LogP contribution in [-0.2, 0) is 23.8 Å². The lowest BCUT2D eigenvalue weighted by molar-refractivity contribution is -0.170. The number of esters is 2. The Labute approximate surface area is 88.7 Å². The average Bonchev–Trinajstić information content (AvgIpc) is 2.15. The fraction of sp³-hybridized carbons (Fsp3) is 0.800. The molecule has 0 saturated carbocycles. The molecule has 0 N–H and O–H groups in total. The van der Waals surface area contributed by atoms with Gasteiger partial charge in [-0.05, 0) is 12.8 Å². The zero-order chi connectivity index (χ0) is 11.3. The highest BCUT2D eigenvalue weighted by Crippen LogP contribution is 2.17. The normalized spacial score (nSPS) is 25.7. The highest BCUT2D eigenvalue weighted by Gasteiger charge is 2.29. The van der Waals surface area contributed by atoms with Crippen molar-refractivity contribution in [1.29, 1.82) is 0 Å². The van der Waals surface area contributed by atoms with E-state index in [0.29, 0.717) is 6.61 Å². The van der Waals surface area contributed by atoms with Gasteiger partial charge in [0.25, 0.3) is 0 Å². The van der Waals surface area contributed by atoms with Gasteiger partial charge in [-0.1, -0.05) is 0 Å². The average molecular weight is 216 g/mol. The molecule has 1 fully saturated rings. The summed E-state index contributed by atoms with van der Waals surface area (Å²) in [5.74, 6) is -0.691. The topological polar surface area (TPSA) is 61.8 Å². The number of hydrogen-bond acceptors (Lipinski definition) is 5. The molecule has 1 aliphatic heterocycles. The van der Waals surface area contributed by atoms with Crippen LogP contribution in [0, 0.1) is 0 Å². The summed E-state index contributed by atoms with van der Waals surface area (Å²) in [7, 11) is 0. The quantitative estimate of drug-likeness (QED) is 0.648. The van der Waals surface area contributed by atoms with Crippen molar-refractivity contribution < 1.29 is 23.8 Å². The van der Waals surface area contributed by atoms with Gasteiger partial charge in [0.2, 0.25) is 0 Å². The largest absolute Gasteiger partial charge is 0.463 e. The summed E-state index contributed by atoms with van der Waals surface area (Å²) in [4.78, 5) is 21.4. The van der Waals surface area contributed by atoms with E-state index in [4.69, 9.17) is 14.2 Å². The lowest BCUT2D eigenvalue weighted by Gasteiger charge is -2.30.